The van der Waals surface area contributed by atoms with Crippen molar-refractivity contribution in [3.8, 4) is 0 Å². The summed E-state index contributed by atoms with van der Waals surface area (Å²) in [5.74, 6) is -0.399. The lowest BCUT2D eigenvalue weighted by atomic mass is 9.91. The molecule has 1 amide bonds. The van der Waals surface area contributed by atoms with E-state index in [9.17, 15) is 9.18 Å². The molecular formula is C10H11FN2O. The highest BCUT2D eigenvalue weighted by Crippen LogP contribution is 2.36. The van der Waals surface area contributed by atoms with E-state index in [0.717, 1.165) is 5.56 Å². The minimum absolute atomic E-state index is 0.0248. The second-order valence-electron chi connectivity index (χ2n) is 3.61. The van der Waals surface area contributed by atoms with Crippen molar-refractivity contribution in [2.24, 2.45) is 0 Å². The van der Waals surface area contributed by atoms with Crippen LogP contribution in [0, 0.1) is 5.82 Å². The van der Waals surface area contributed by atoms with E-state index in [2.05, 4.69) is 5.32 Å². The molecule has 0 spiro atoms. The molecule has 3 nitrogen and oxygen atoms in total. The third-order valence-electron chi connectivity index (χ3n) is 2.45. The molecule has 0 saturated heterocycles. The Morgan fingerprint density at radius 2 is 2.29 bits per heavy atom. The Morgan fingerprint density at radius 3 is 3.00 bits per heavy atom. The van der Waals surface area contributed by atoms with Crippen LogP contribution in [0.4, 0.5) is 15.8 Å². The van der Waals surface area contributed by atoms with Gasteiger partial charge in [0, 0.05) is 6.42 Å². The van der Waals surface area contributed by atoms with Crippen molar-refractivity contribution >= 4 is 17.3 Å². The molecule has 2 rings (SSSR count). The summed E-state index contributed by atoms with van der Waals surface area (Å²) in [6.45, 7) is 1.89. The molecule has 4 heteroatoms. The van der Waals surface area contributed by atoms with Crippen molar-refractivity contribution in [1.29, 1.82) is 0 Å². The fourth-order valence-electron chi connectivity index (χ4n) is 1.76. The van der Waals surface area contributed by atoms with Crippen molar-refractivity contribution in [1.82, 2.24) is 0 Å². The lowest BCUT2D eigenvalue weighted by Crippen LogP contribution is -2.22. The number of rotatable bonds is 0. The van der Waals surface area contributed by atoms with Crippen LogP contribution in [0.2, 0.25) is 0 Å². The molecular weight excluding hydrogens is 183 g/mol. The van der Waals surface area contributed by atoms with E-state index < -0.39 is 0 Å². The predicted molar refractivity (Wildman–Crippen MR) is 52.5 cm³/mol. The first-order valence-corrected chi connectivity index (χ1v) is 4.46. The second kappa shape index (κ2) is 2.97. The summed E-state index contributed by atoms with van der Waals surface area (Å²) in [5.41, 5.74) is 7.25. The van der Waals surface area contributed by atoms with Crippen molar-refractivity contribution in [3.63, 3.8) is 0 Å². The molecule has 0 radical (unpaired) electrons. The van der Waals surface area contributed by atoms with Gasteiger partial charge in [-0.05, 0) is 23.6 Å². The Hall–Kier alpha value is -1.58. The second-order valence-corrected chi connectivity index (χ2v) is 3.61. The molecule has 74 valence electrons. The molecule has 1 unspecified atom stereocenters. The molecule has 0 aromatic heterocycles. The molecule has 0 saturated carbocycles. The fraction of sp³-hybridized carbons (Fsp3) is 0.300. The molecule has 1 aliphatic heterocycles. The number of nitrogen functional groups attached to an aromatic ring is 1. The number of benzene rings is 1. The van der Waals surface area contributed by atoms with Gasteiger partial charge in [-0.2, -0.15) is 0 Å². The maximum Gasteiger partial charge on any atom is 0.225 e. The third kappa shape index (κ3) is 1.32. The van der Waals surface area contributed by atoms with E-state index in [4.69, 9.17) is 5.73 Å². The molecule has 0 aliphatic carbocycles. The number of carbonyl (C=O) groups excluding carboxylic acids is 1. The highest BCUT2D eigenvalue weighted by molar-refractivity contribution is 5.98. The van der Waals surface area contributed by atoms with Gasteiger partial charge in [0.1, 0.15) is 5.82 Å². The topological polar surface area (TPSA) is 55.1 Å². The minimum atomic E-state index is -0.357. The Morgan fingerprint density at radius 1 is 1.57 bits per heavy atom. The van der Waals surface area contributed by atoms with Gasteiger partial charge in [-0.1, -0.05) is 6.92 Å². The van der Waals surface area contributed by atoms with Crippen LogP contribution in [0.15, 0.2) is 12.1 Å². The zero-order valence-electron chi connectivity index (χ0n) is 7.80. The van der Waals surface area contributed by atoms with Gasteiger partial charge in [-0.15, -0.1) is 0 Å². The van der Waals surface area contributed by atoms with E-state index >= 15 is 0 Å². The van der Waals surface area contributed by atoms with Crippen LogP contribution in [0.25, 0.3) is 0 Å². The normalized spacial score (nSPS) is 20.1. The van der Waals surface area contributed by atoms with Crippen molar-refractivity contribution in [3.05, 3.63) is 23.5 Å². The van der Waals surface area contributed by atoms with Crippen LogP contribution in [0.1, 0.15) is 24.8 Å². The third-order valence-corrected chi connectivity index (χ3v) is 2.45. The molecule has 1 aromatic rings. The van der Waals surface area contributed by atoms with E-state index in [-0.39, 0.29) is 17.6 Å². The summed E-state index contributed by atoms with van der Waals surface area (Å²) in [5, 5.41) is 2.66. The minimum Gasteiger partial charge on any atom is -0.397 e. The average Bonchev–Trinajstić information content (AvgIpc) is 2.07. The van der Waals surface area contributed by atoms with Crippen molar-refractivity contribution in [2.75, 3.05) is 11.1 Å². The molecule has 1 aromatic carbocycles. The summed E-state index contributed by atoms with van der Waals surface area (Å²) in [7, 11) is 0. The van der Waals surface area contributed by atoms with Crippen LogP contribution in [-0.4, -0.2) is 5.91 Å². The zero-order valence-corrected chi connectivity index (χ0v) is 7.80. The van der Waals surface area contributed by atoms with E-state index in [0.29, 0.717) is 17.8 Å². The highest BCUT2D eigenvalue weighted by atomic mass is 19.1. The first-order chi connectivity index (χ1) is 6.58. The number of carbonyl (C=O) groups is 1. The maximum absolute atomic E-state index is 13.0. The Labute approximate surface area is 81.1 Å². The number of hydrogen-bond acceptors (Lipinski definition) is 2. The van der Waals surface area contributed by atoms with Gasteiger partial charge >= 0.3 is 0 Å². The molecule has 14 heavy (non-hydrogen) atoms. The van der Waals surface area contributed by atoms with Gasteiger partial charge in [0.25, 0.3) is 0 Å². The van der Waals surface area contributed by atoms with E-state index in [1.165, 1.54) is 12.1 Å². The fourth-order valence-corrected chi connectivity index (χ4v) is 1.76. The van der Waals surface area contributed by atoms with Crippen LogP contribution < -0.4 is 11.1 Å². The Bertz CT molecular complexity index is 403. The van der Waals surface area contributed by atoms with Crippen LogP contribution >= 0.6 is 0 Å². The summed E-state index contributed by atoms with van der Waals surface area (Å²) >= 11 is 0. The molecule has 0 bridgehead atoms. The van der Waals surface area contributed by atoms with Crippen LogP contribution in [-0.2, 0) is 4.79 Å². The van der Waals surface area contributed by atoms with Gasteiger partial charge in [0.15, 0.2) is 0 Å². The summed E-state index contributed by atoms with van der Waals surface area (Å²) < 4.78 is 13.0. The van der Waals surface area contributed by atoms with E-state index in [1.807, 2.05) is 6.92 Å². The largest absolute Gasteiger partial charge is 0.397 e. The number of amides is 1. The van der Waals surface area contributed by atoms with E-state index in [1.54, 1.807) is 0 Å². The smallest absolute Gasteiger partial charge is 0.225 e. The number of halogens is 1. The molecule has 1 heterocycles. The van der Waals surface area contributed by atoms with Crippen molar-refractivity contribution < 1.29 is 9.18 Å². The predicted octanol–water partition coefficient (Wildman–Crippen LogP) is 1.85. The highest BCUT2D eigenvalue weighted by Gasteiger charge is 2.23. The Balaban J connectivity index is 2.58. The van der Waals surface area contributed by atoms with Gasteiger partial charge < -0.3 is 11.1 Å². The van der Waals surface area contributed by atoms with Gasteiger partial charge in [0.05, 0.1) is 11.4 Å². The monoisotopic (exact) mass is 194 g/mol. The number of hydrogen-bond donors (Lipinski definition) is 2. The van der Waals surface area contributed by atoms with Crippen LogP contribution in [0.5, 0.6) is 0 Å². The lowest BCUT2D eigenvalue weighted by molar-refractivity contribution is -0.116. The van der Waals surface area contributed by atoms with Gasteiger partial charge in [0.2, 0.25) is 5.91 Å². The SMILES string of the molecule is CC1CC(=O)Nc2c(N)cc(F)cc21. The number of nitrogens with two attached hydrogens (primary N) is 1. The molecule has 1 aliphatic rings. The quantitative estimate of drug-likeness (QED) is 0.619. The maximum atomic E-state index is 13.0. The zero-order chi connectivity index (χ0) is 10.3. The number of fused-ring (bicyclic) bond motifs is 1. The standard InChI is InChI=1S/C10H11FN2O/c1-5-2-9(14)13-10-7(5)3-6(11)4-8(10)12/h3-5H,2,12H2,1H3,(H,13,14). The molecule has 3 N–H and O–H groups in total. The van der Waals surface area contributed by atoms with Crippen molar-refractivity contribution in [2.45, 2.75) is 19.3 Å². The molecule has 0 fully saturated rings. The number of anilines is 2. The first kappa shape index (κ1) is 8.99. The number of nitrogens with one attached hydrogen (secondary N) is 1. The summed E-state index contributed by atoms with van der Waals surface area (Å²) in [6, 6.07) is 2.65. The van der Waals surface area contributed by atoms with Gasteiger partial charge in [-0.25, -0.2) is 4.39 Å². The first-order valence-electron chi connectivity index (χ1n) is 4.46. The average molecular weight is 194 g/mol. The lowest BCUT2D eigenvalue weighted by Gasteiger charge is -2.23. The summed E-state index contributed by atoms with van der Waals surface area (Å²) in [4.78, 5) is 11.2. The Kier molecular flexibility index (Phi) is 1.91. The summed E-state index contributed by atoms with van der Waals surface area (Å²) in [6.07, 6.45) is 0.385. The van der Waals surface area contributed by atoms with Gasteiger partial charge in [-0.3, -0.25) is 4.79 Å². The molecule has 1 atom stereocenters. The van der Waals surface area contributed by atoms with Crippen LogP contribution in [0.3, 0.4) is 0 Å².